The van der Waals surface area contributed by atoms with Crippen molar-refractivity contribution in [2.75, 3.05) is 84.1 Å². The number of imide groups is 1. The van der Waals surface area contributed by atoms with E-state index in [-0.39, 0.29) is 11.6 Å². The van der Waals surface area contributed by atoms with E-state index in [4.69, 9.17) is 48.6 Å². The molecule has 0 spiro atoms. The second kappa shape index (κ2) is 22.9. The molecule has 0 aliphatic carbocycles. The van der Waals surface area contributed by atoms with E-state index in [9.17, 15) is 14.7 Å². The zero-order valence-electron chi connectivity index (χ0n) is 33.4. The molecule has 0 aliphatic rings. The minimum absolute atomic E-state index is 0.0515. The molecule has 1 aromatic heterocycles. The number of rotatable bonds is 22. The van der Waals surface area contributed by atoms with Gasteiger partial charge in [0.15, 0.2) is 5.82 Å². The molecule has 0 unspecified atom stereocenters. The molecule has 55 heavy (non-hydrogen) atoms. The number of pyridine rings is 1. The number of hydrogen-bond acceptors (Lipinski definition) is 13. The second-order valence-electron chi connectivity index (χ2n) is 14.3. The molecular weight excluding hydrogens is 710 g/mol. The van der Waals surface area contributed by atoms with Gasteiger partial charge < -0.3 is 48.7 Å². The van der Waals surface area contributed by atoms with Gasteiger partial charge in [-0.15, -0.1) is 0 Å². The van der Waals surface area contributed by atoms with Crippen LogP contribution in [0.3, 0.4) is 0 Å². The third-order valence-corrected chi connectivity index (χ3v) is 7.45. The van der Waals surface area contributed by atoms with Gasteiger partial charge in [-0.1, -0.05) is 31.2 Å². The number of aromatic hydroxyl groups is 1. The largest absolute Gasteiger partial charge is 0.508 e. The lowest BCUT2D eigenvalue weighted by Gasteiger charge is -2.30. The number of nitrogens with zero attached hydrogens (tertiary/aromatic N) is 2. The lowest BCUT2D eigenvalue weighted by Crippen LogP contribution is -2.44. The molecule has 0 fully saturated rings. The van der Waals surface area contributed by atoms with Crippen LogP contribution in [0.4, 0.5) is 15.4 Å². The molecule has 0 atom stereocenters. The summed E-state index contributed by atoms with van der Waals surface area (Å²) in [5.74, 6) is 0.782. The molecule has 1 heterocycles. The molecule has 3 N–H and O–H groups in total. The molecule has 0 bridgehead atoms. The van der Waals surface area contributed by atoms with Crippen LogP contribution in [0, 0.1) is 0 Å². The standard InChI is InChI=1S/C41H59N3O11/c1-8-34-35(30-11-15-33(16-12-30)53-28-27-52-26-25-51-24-23-50-22-21-49-20-19-48-18-17-42)29-43-37(36(34)31-9-13-32(45)14-10-31)44(38(46)54-40(2,3)4)39(47)55-41(5,6)7/h9-16,29,45H,8,17-28,42H2,1-7H3. The van der Waals surface area contributed by atoms with Gasteiger partial charge in [-0.05, 0) is 88.9 Å². The summed E-state index contributed by atoms with van der Waals surface area (Å²) < 4.78 is 44.5. The van der Waals surface area contributed by atoms with Crippen LogP contribution in [0.1, 0.15) is 54.0 Å². The van der Waals surface area contributed by atoms with Crippen LogP contribution < -0.4 is 15.4 Å². The molecule has 0 radical (unpaired) electrons. The third kappa shape index (κ3) is 16.1. The highest BCUT2D eigenvalue weighted by atomic mass is 16.6. The van der Waals surface area contributed by atoms with Crippen molar-refractivity contribution >= 4 is 18.0 Å². The summed E-state index contributed by atoms with van der Waals surface area (Å²) in [5, 5.41) is 10.1. The second-order valence-corrected chi connectivity index (χ2v) is 14.3. The van der Waals surface area contributed by atoms with Crippen LogP contribution >= 0.6 is 0 Å². The van der Waals surface area contributed by atoms with Crippen molar-refractivity contribution in [1.82, 2.24) is 4.98 Å². The van der Waals surface area contributed by atoms with Gasteiger partial charge in [-0.3, -0.25) is 0 Å². The molecule has 3 rings (SSSR count). The Morgan fingerprint density at radius 2 is 1.09 bits per heavy atom. The maximum atomic E-state index is 13.7. The van der Waals surface area contributed by atoms with E-state index >= 15 is 0 Å². The minimum Gasteiger partial charge on any atom is -0.508 e. The van der Waals surface area contributed by atoms with E-state index in [1.807, 2.05) is 31.2 Å². The van der Waals surface area contributed by atoms with Crippen LogP contribution in [0.25, 0.3) is 22.3 Å². The van der Waals surface area contributed by atoms with E-state index in [0.717, 1.165) is 21.6 Å². The fraction of sp³-hybridized carbons (Fsp3) is 0.537. The highest BCUT2D eigenvalue weighted by Gasteiger charge is 2.36. The summed E-state index contributed by atoms with van der Waals surface area (Å²) in [6.07, 6.45) is 0.304. The first kappa shape index (κ1) is 45.1. The summed E-state index contributed by atoms with van der Waals surface area (Å²) in [4.78, 5) is 32.9. The number of nitrogens with two attached hydrogens (primary N) is 1. The van der Waals surface area contributed by atoms with Crippen molar-refractivity contribution in [2.24, 2.45) is 5.73 Å². The molecule has 2 amide bonds. The van der Waals surface area contributed by atoms with E-state index in [1.165, 1.54) is 0 Å². The van der Waals surface area contributed by atoms with Gasteiger partial charge in [0.2, 0.25) is 0 Å². The Kier molecular flexibility index (Phi) is 18.8. The average Bonchev–Trinajstić information content (AvgIpc) is 3.12. The van der Waals surface area contributed by atoms with Crippen LogP contribution in [-0.2, 0) is 39.6 Å². The number of ether oxygens (including phenoxy) is 8. The van der Waals surface area contributed by atoms with Crippen LogP contribution in [0.15, 0.2) is 54.7 Å². The number of phenols is 1. The Balaban J connectivity index is 1.64. The summed E-state index contributed by atoms with van der Waals surface area (Å²) >= 11 is 0. The number of hydrogen-bond donors (Lipinski definition) is 2. The van der Waals surface area contributed by atoms with E-state index in [1.54, 1.807) is 72.0 Å². The number of aromatic nitrogens is 1. The van der Waals surface area contributed by atoms with Gasteiger partial charge >= 0.3 is 12.2 Å². The molecule has 3 aromatic rings. The molecule has 2 aromatic carbocycles. The van der Waals surface area contributed by atoms with E-state index < -0.39 is 23.4 Å². The van der Waals surface area contributed by atoms with Gasteiger partial charge in [0.05, 0.1) is 66.1 Å². The van der Waals surface area contributed by atoms with E-state index in [2.05, 4.69) is 0 Å². The zero-order valence-corrected chi connectivity index (χ0v) is 33.4. The van der Waals surface area contributed by atoms with Crippen molar-refractivity contribution < 1.29 is 52.6 Å². The molecule has 0 saturated carbocycles. The van der Waals surface area contributed by atoms with Gasteiger partial charge in [0.25, 0.3) is 0 Å². The Hall–Kier alpha value is -4.31. The van der Waals surface area contributed by atoms with Gasteiger partial charge in [-0.2, -0.15) is 4.90 Å². The zero-order chi connectivity index (χ0) is 40.3. The molecule has 14 heteroatoms. The van der Waals surface area contributed by atoms with Crippen LogP contribution in [0.5, 0.6) is 11.5 Å². The predicted octanol–water partition coefficient (Wildman–Crippen LogP) is 6.78. The highest BCUT2D eigenvalue weighted by molar-refractivity contribution is 6.11. The summed E-state index contributed by atoms with van der Waals surface area (Å²) in [7, 11) is 0. The molecule has 14 nitrogen and oxygen atoms in total. The Labute approximate surface area is 325 Å². The van der Waals surface area contributed by atoms with Crippen LogP contribution in [-0.4, -0.2) is 113 Å². The topological polar surface area (TPSA) is 170 Å². The summed E-state index contributed by atoms with van der Waals surface area (Å²) in [6.45, 7) is 17.9. The van der Waals surface area contributed by atoms with Crippen molar-refractivity contribution in [3.8, 4) is 33.8 Å². The maximum Gasteiger partial charge on any atom is 0.425 e. The highest BCUT2D eigenvalue weighted by Crippen LogP contribution is 2.40. The number of amides is 2. The predicted molar refractivity (Wildman–Crippen MR) is 210 cm³/mol. The van der Waals surface area contributed by atoms with Crippen molar-refractivity contribution in [3.05, 3.63) is 60.3 Å². The maximum absolute atomic E-state index is 13.7. The first-order chi connectivity index (χ1) is 26.2. The lowest BCUT2D eigenvalue weighted by atomic mass is 9.91. The van der Waals surface area contributed by atoms with Crippen molar-refractivity contribution in [1.29, 1.82) is 0 Å². The quantitative estimate of drug-likeness (QED) is 0.103. The van der Waals surface area contributed by atoms with Crippen LogP contribution in [0.2, 0.25) is 0 Å². The minimum atomic E-state index is -0.925. The summed E-state index contributed by atoms with van der Waals surface area (Å²) in [5.41, 5.74) is 7.18. The third-order valence-electron chi connectivity index (χ3n) is 7.45. The lowest BCUT2D eigenvalue weighted by molar-refractivity contribution is -0.0122. The Morgan fingerprint density at radius 1 is 0.655 bits per heavy atom. The summed E-state index contributed by atoms with van der Waals surface area (Å²) in [6, 6.07) is 14.1. The first-order valence-electron chi connectivity index (χ1n) is 18.6. The normalized spacial score (nSPS) is 11.7. The van der Waals surface area contributed by atoms with Gasteiger partial charge in [0, 0.05) is 23.9 Å². The van der Waals surface area contributed by atoms with E-state index in [0.29, 0.717) is 103 Å². The van der Waals surface area contributed by atoms with Crippen molar-refractivity contribution in [3.63, 3.8) is 0 Å². The fourth-order valence-electron chi connectivity index (χ4n) is 5.13. The number of benzene rings is 2. The first-order valence-corrected chi connectivity index (χ1v) is 18.6. The number of carbonyl (C=O) groups is 2. The Morgan fingerprint density at radius 3 is 1.53 bits per heavy atom. The number of anilines is 1. The molecule has 0 aliphatic heterocycles. The molecular formula is C41H59N3O11. The monoisotopic (exact) mass is 769 g/mol. The van der Waals surface area contributed by atoms with Gasteiger partial charge in [0.1, 0.15) is 29.3 Å². The fourth-order valence-corrected chi connectivity index (χ4v) is 5.13. The van der Waals surface area contributed by atoms with Gasteiger partial charge in [-0.25, -0.2) is 14.6 Å². The number of phenolic OH excluding ortho intramolecular Hbond substituents is 1. The molecule has 0 saturated heterocycles. The SMILES string of the molecule is CCc1c(-c2ccc(OCCOCCOCCOCCOCCOCCN)cc2)cnc(N(C(=O)OC(C)(C)C)C(=O)OC(C)(C)C)c1-c1ccc(O)cc1. The molecule has 304 valence electrons. The number of carbonyl (C=O) groups excluding carboxylic acids is 2. The van der Waals surface area contributed by atoms with Crippen molar-refractivity contribution in [2.45, 2.75) is 66.1 Å². The Bertz CT molecular complexity index is 1560. The average molecular weight is 770 g/mol. The smallest absolute Gasteiger partial charge is 0.425 e.